The van der Waals surface area contributed by atoms with Gasteiger partial charge in [-0.25, -0.2) is 0 Å². The second-order valence-electron chi connectivity index (χ2n) is 3.88. The first-order valence-corrected chi connectivity index (χ1v) is 5.61. The smallest absolute Gasteiger partial charge is 0.385 e. The minimum absolute atomic E-state index is 0.274. The van der Waals surface area contributed by atoms with E-state index in [4.69, 9.17) is 9.78 Å². The van der Waals surface area contributed by atoms with Crippen molar-refractivity contribution >= 4 is 5.69 Å². The molecule has 0 aliphatic rings. The molecule has 0 bridgehead atoms. The monoisotopic (exact) mass is 282 g/mol. The maximum Gasteiger partial charge on any atom is 0.417 e. The number of nitriles is 1. The molecule has 0 amide bonds. The fraction of sp³-hybridized carbons (Fsp3) is 0.250. The van der Waals surface area contributed by atoms with E-state index in [0.717, 1.165) is 12.1 Å². The first-order chi connectivity index (χ1) is 9.50. The van der Waals surface area contributed by atoms with Crippen LogP contribution in [0.25, 0.3) is 0 Å². The highest BCUT2D eigenvalue weighted by molar-refractivity contribution is 5.53. The Balaban J connectivity index is 2.07. The number of benzene rings is 1. The van der Waals surface area contributed by atoms with Gasteiger partial charge >= 0.3 is 6.18 Å². The normalized spacial score (nSPS) is 11.1. The molecule has 0 atom stereocenters. The number of alkyl halides is 3. The molecule has 0 saturated heterocycles. The SMILES string of the molecule is N#Cc1ccc(NCCc2ncno2)cc1C(F)(F)F. The Labute approximate surface area is 112 Å². The number of aromatic nitrogens is 2. The molecule has 20 heavy (non-hydrogen) atoms. The van der Waals surface area contributed by atoms with Crippen LogP contribution < -0.4 is 5.32 Å². The molecule has 0 aliphatic carbocycles. The molecular weight excluding hydrogens is 273 g/mol. The minimum Gasteiger partial charge on any atom is -0.385 e. The molecule has 0 unspecified atom stereocenters. The number of nitrogens with zero attached hydrogens (tertiary/aromatic N) is 3. The summed E-state index contributed by atoms with van der Waals surface area (Å²) in [5, 5.41) is 14.9. The number of halogens is 3. The van der Waals surface area contributed by atoms with Gasteiger partial charge in [0.1, 0.15) is 0 Å². The van der Waals surface area contributed by atoms with Gasteiger partial charge in [-0.1, -0.05) is 5.16 Å². The third-order valence-electron chi connectivity index (χ3n) is 2.52. The molecule has 1 N–H and O–H groups in total. The van der Waals surface area contributed by atoms with Crippen LogP contribution in [-0.4, -0.2) is 16.7 Å². The molecule has 0 aliphatic heterocycles. The van der Waals surface area contributed by atoms with Crippen molar-refractivity contribution in [1.82, 2.24) is 10.1 Å². The molecule has 1 aromatic carbocycles. The van der Waals surface area contributed by atoms with E-state index in [2.05, 4.69) is 15.5 Å². The Morgan fingerprint density at radius 2 is 2.15 bits per heavy atom. The largest absolute Gasteiger partial charge is 0.417 e. The van der Waals surface area contributed by atoms with Crippen LogP contribution in [0.2, 0.25) is 0 Å². The highest BCUT2D eigenvalue weighted by Gasteiger charge is 2.33. The zero-order chi connectivity index (χ0) is 14.6. The van der Waals surface area contributed by atoms with E-state index >= 15 is 0 Å². The van der Waals surface area contributed by atoms with E-state index in [1.807, 2.05) is 0 Å². The first kappa shape index (κ1) is 13.9. The van der Waals surface area contributed by atoms with Gasteiger partial charge in [-0.2, -0.15) is 23.4 Å². The van der Waals surface area contributed by atoms with Crippen molar-refractivity contribution in [2.45, 2.75) is 12.6 Å². The lowest BCUT2D eigenvalue weighted by Crippen LogP contribution is -2.10. The van der Waals surface area contributed by atoms with Gasteiger partial charge < -0.3 is 9.84 Å². The summed E-state index contributed by atoms with van der Waals surface area (Å²) >= 11 is 0. The quantitative estimate of drug-likeness (QED) is 0.933. The number of nitrogens with one attached hydrogen (secondary N) is 1. The third-order valence-corrected chi connectivity index (χ3v) is 2.52. The van der Waals surface area contributed by atoms with Gasteiger partial charge in [-0.05, 0) is 18.2 Å². The van der Waals surface area contributed by atoms with Gasteiger partial charge in [0.05, 0.1) is 17.2 Å². The van der Waals surface area contributed by atoms with E-state index in [1.165, 1.54) is 18.5 Å². The van der Waals surface area contributed by atoms with Crippen LogP contribution >= 0.6 is 0 Å². The van der Waals surface area contributed by atoms with E-state index in [-0.39, 0.29) is 5.69 Å². The first-order valence-electron chi connectivity index (χ1n) is 5.61. The predicted molar refractivity (Wildman–Crippen MR) is 62.7 cm³/mol. The molecule has 0 spiro atoms. The van der Waals surface area contributed by atoms with Crippen LogP contribution in [0, 0.1) is 11.3 Å². The highest BCUT2D eigenvalue weighted by Crippen LogP contribution is 2.33. The summed E-state index contributed by atoms with van der Waals surface area (Å²) < 4.78 is 43.0. The van der Waals surface area contributed by atoms with Gasteiger partial charge in [-0.15, -0.1) is 0 Å². The van der Waals surface area contributed by atoms with Gasteiger partial charge in [0.2, 0.25) is 5.89 Å². The Hall–Kier alpha value is -2.56. The molecule has 0 saturated carbocycles. The maximum atomic E-state index is 12.7. The Bertz CT molecular complexity index is 617. The summed E-state index contributed by atoms with van der Waals surface area (Å²) in [6, 6.07) is 4.99. The topological polar surface area (TPSA) is 74.7 Å². The maximum absolute atomic E-state index is 12.7. The van der Waals surface area contributed by atoms with Crippen molar-refractivity contribution in [3.05, 3.63) is 41.5 Å². The summed E-state index contributed by atoms with van der Waals surface area (Å²) in [6.45, 7) is 0.339. The van der Waals surface area contributed by atoms with E-state index < -0.39 is 17.3 Å². The van der Waals surface area contributed by atoms with Gasteiger partial charge in [0, 0.05) is 18.7 Å². The molecule has 2 rings (SSSR count). The molecule has 0 radical (unpaired) electrons. The number of hydrogen-bond acceptors (Lipinski definition) is 5. The van der Waals surface area contributed by atoms with Crippen molar-refractivity contribution in [3.63, 3.8) is 0 Å². The lowest BCUT2D eigenvalue weighted by atomic mass is 10.1. The Kier molecular flexibility index (Phi) is 3.89. The third kappa shape index (κ3) is 3.26. The second kappa shape index (κ2) is 5.61. The number of anilines is 1. The van der Waals surface area contributed by atoms with Crippen LogP contribution in [0.3, 0.4) is 0 Å². The van der Waals surface area contributed by atoms with Gasteiger partial charge in [0.15, 0.2) is 6.33 Å². The molecule has 1 heterocycles. The van der Waals surface area contributed by atoms with Crippen molar-refractivity contribution in [1.29, 1.82) is 5.26 Å². The zero-order valence-corrected chi connectivity index (χ0v) is 10.1. The van der Waals surface area contributed by atoms with Crippen molar-refractivity contribution in [2.24, 2.45) is 0 Å². The van der Waals surface area contributed by atoms with Crippen molar-refractivity contribution < 1.29 is 17.7 Å². The van der Waals surface area contributed by atoms with Crippen LogP contribution in [0.4, 0.5) is 18.9 Å². The van der Waals surface area contributed by atoms with Crippen LogP contribution in [-0.2, 0) is 12.6 Å². The number of hydrogen-bond donors (Lipinski definition) is 1. The predicted octanol–water partition coefficient (Wildman–Crippen LogP) is 2.61. The summed E-state index contributed by atoms with van der Waals surface area (Å²) in [4.78, 5) is 3.79. The summed E-state index contributed by atoms with van der Waals surface area (Å²) in [5.74, 6) is 0.391. The molecule has 1 aromatic heterocycles. The van der Waals surface area contributed by atoms with Crippen LogP contribution in [0.1, 0.15) is 17.0 Å². The van der Waals surface area contributed by atoms with Crippen molar-refractivity contribution in [3.8, 4) is 6.07 Å². The van der Waals surface area contributed by atoms with Gasteiger partial charge in [-0.3, -0.25) is 0 Å². The van der Waals surface area contributed by atoms with Crippen molar-refractivity contribution in [2.75, 3.05) is 11.9 Å². The average molecular weight is 282 g/mol. The average Bonchev–Trinajstić information content (AvgIpc) is 2.91. The molecule has 8 heteroatoms. The van der Waals surface area contributed by atoms with E-state index in [0.29, 0.717) is 18.9 Å². The summed E-state index contributed by atoms with van der Waals surface area (Å²) in [5.41, 5.74) is -1.08. The fourth-order valence-electron chi connectivity index (χ4n) is 1.61. The summed E-state index contributed by atoms with van der Waals surface area (Å²) in [6.07, 6.45) is -2.92. The fourth-order valence-corrected chi connectivity index (χ4v) is 1.61. The second-order valence-corrected chi connectivity index (χ2v) is 3.88. The number of rotatable bonds is 4. The Morgan fingerprint density at radius 1 is 1.35 bits per heavy atom. The molecule has 5 nitrogen and oxygen atoms in total. The van der Waals surface area contributed by atoms with Gasteiger partial charge in [0.25, 0.3) is 0 Å². The molecule has 2 aromatic rings. The van der Waals surface area contributed by atoms with Crippen LogP contribution in [0.15, 0.2) is 29.0 Å². The standard InChI is InChI=1S/C12H9F3N4O/c13-12(14,15)10-5-9(2-1-8(10)6-16)17-4-3-11-18-7-19-20-11/h1-2,5,7,17H,3-4H2. The van der Waals surface area contributed by atoms with E-state index in [1.54, 1.807) is 0 Å². The lowest BCUT2D eigenvalue weighted by Gasteiger charge is -2.11. The highest BCUT2D eigenvalue weighted by atomic mass is 19.4. The van der Waals surface area contributed by atoms with Crippen LogP contribution in [0.5, 0.6) is 0 Å². The molecular formula is C12H9F3N4O. The molecule has 0 fully saturated rings. The molecule has 104 valence electrons. The van der Waals surface area contributed by atoms with E-state index in [9.17, 15) is 13.2 Å². The lowest BCUT2D eigenvalue weighted by molar-refractivity contribution is -0.137. The summed E-state index contributed by atoms with van der Waals surface area (Å²) in [7, 11) is 0. The zero-order valence-electron chi connectivity index (χ0n) is 10.1. The minimum atomic E-state index is -4.56. The Morgan fingerprint density at radius 3 is 2.75 bits per heavy atom.